The zero-order valence-electron chi connectivity index (χ0n) is 5.91. The Balaban J connectivity index is 2.19. The lowest BCUT2D eigenvalue weighted by atomic mass is 10.4. The van der Waals surface area contributed by atoms with E-state index in [2.05, 4.69) is 15.0 Å². The molecule has 1 heterocycles. The molecule has 60 valence electrons. The van der Waals surface area contributed by atoms with E-state index in [-0.39, 0.29) is 12.5 Å². The highest BCUT2D eigenvalue weighted by atomic mass is 16.5. The summed E-state index contributed by atoms with van der Waals surface area (Å²) in [7, 11) is 0. The summed E-state index contributed by atoms with van der Waals surface area (Å²) in [5, 5.41) is 6.41. The number of carbonyl (C=O) groups excluding carboxylic acids is 1. The Morgan fingerprint density at radius 1 is 1.82 bits per heavy atom. The van der Waals surface area contributed by atoms with Crippen molar-refractivity contribution < 1.29 is 9.32 Å². The molecule has 3 N–H and O–H groups in total. The molecule has 0 aliphatic heterocycles. The molecule has 0 unspecified atom stereocenters. The van der Waals surface area contributed by atoms with Gasteiger partial charge in [-0.1, -0.05) is 5.16 Å². The van der Waals surface area contributed by atoms with Crippen LogP contribution in [-0.2, 0) is 11.3 Å². The molecule has 1 aromatic heterocycles. The van der Waals surface area contributed by atoms with Crippen LogP contribution in [0, 0.1) is 0 Å². The zero-order chi connectivity index (χ0) is 8.10. The van der Waals surface area contributed by atoms with E-state index in [1.807, 2.05) is 0 Å². The molecule has 5 heteroatoms. The molecule has 0 saturated carbocycles. The van der Waals surface area contributed by atoms with Crippen molar-refractivity contribution in [2.75, 3.05) is 6.54 Å². The van der Waals surface area contributed by atoms with Gasteiger partial charge in [-0.3, -0.25) is 4.79 Å². The quantitative estimate of drug-likeness (QED) is 0.599. The Morgan fingerprint density at radius 2 is 2.64 bits per heavy atom. The lowest BCUT2D eigenvalue weighted by molar-refractivity contribution is -0.117. The summed E-state index contributed by atoms with van der Waals surface area (Å²) in [5.41, 5.74) is 5.64. The second kappa shape index (κ2) is 3.72. The van der Waals surface area contributed by atoms with Crippen LogP contribution in [0.15, 0.2) is 16.9 Å². The molecule has 0 radical (unpaired) electrons. The maximum absolute atomic E-state index is 10.2. The monoisotopic (exact) mass is 155 g/mol. The van der Waals surface area contributed by atoms with Crippen molar-refractivity contribution in [3.8, 4) is 0 Å². The third kappa shape index (κ3) is 2.81. The van der Waals surface area contributed by atoms with Gasteiger partial charge in [-0.15, -0.1) is 0 Å². The third-order valence-corrected chi connectivity index (χ3v) is 1.10. The maximum Gasteiger partial charge on any atom is 0.231 e. The molecule has 1 amide bonds. The summed E-state index contributed by atoms with van der Waals surface area (Å²) >= 11 is 0. The topological polar surface area (TPSA) is 81.2 Å². The minimum absolute atomic E-state index is 0.160. The van der Waals surface area contributed by atoms with Crippen LogP contribution in [0.3, 0.4) is 0 Å². The van der Waals surface area contributed by atoms with E-state index in [9.17, 15) is 4.79 Å². The van der Waals surface area contributed by atoms with E-state index >= 15 is 0 Å². The molecule has 1 rings (SSSR count). The van der Waals surface area contributed by atoms with Crippen LogP contribution < -0.4 is 11.1 Å². The van der Waals surface area contributed by atoms with Crippen molar-refractivity contribution in [3.05, 3.63) is 18.0 Å². The second-order valence-electron chi connectivity index (χ2n) is 2.06. The molecule has 0 fully saturated rings. The largest absolute Gasteiger partial charge is 0.369 e. The first-order valence-electron chi connectivity index (χ1n) is 3.17. The number of primary amides is 1. The predicted octanol–water partition coefficient (Wildman–Crippen LogP) is -0.751. The summed E-state index contributed by atoms with van der Waals surface area (Å²) in [4.78, 5) is 10.2. The smallest absolute Gasteiger partial charge is 0.231 e. The molecule has 0 spiro atoms. The molecule has 0 bridgehead atoms. The van der Waals surface area contributed by atoms with Gasteiger partial charge in [-0.2, -0.15) is 0 Å². The fourth-order valence-corrected chi connectivity index (χ4v) is 0.642. The number of hydrogen-bond donors (Lipinski definition) is 2. The first-order valence-corrected chi connectivity index (χ1v) is 3.17. The van der Waals surface area contributed by atoms with Gasteiger partial charge in [0.15, 0.2) is 0 Å². The SMILES string of the molecule is NC(=O)CNCc1ccon1. The van der Waals surface area contributed by atoms with Gasteiger partial charge in [0.05, 0.1) is 12.2 Å². The average molecular weight is 155 g/mol. The lowest BCUT2D eigenvalue weighted by Gasteiger charge is -1.95. The fourth-order valence-electron chi connectivity index (χ4n) is 0.642. The number of carbonyl (C=O) groups is 1. The van der Waals surface area contributed by atoms with Crippen molar-refractivity contribution >= 4 is 5.91 Å². The van der Waals surface area contributed by atoms with Crippen LogP contribution in [0.1, 0.15) is 5.69 Å². The van der Waals surface area contributed by atoms with E-state index in [0.29, 0.717) is 6.54 Å². The number of rotatable bonds is 4. The molecule has 5 nitrogen and oxygen atoms in total. The number of nitrogens with zero attached hydrogens (tertiary/aromatic N) is 1. The van der Waals surface area contributed by atoms with E-state index in [1.165, 1.54) is 6.26 Å². The van der Waals surface area contributed by atoms with Gasteiger partial charge >= 0.3 is 0 Å². The van der Waals surface area contributed by atoms with Crippen molar-refractivity contribution in [2.24, 2.45) is 5.73 Å². The molecule has 0 saturated heterocycles. The Labute approximate surface area is 63.5 Å². The third-order valence-electron chi connectivity index (χ3n) is 1.10. The summed E-state index contributed by atoms with van der Waals surface area (Å²) in [5.74, 6) is -0.381. The summed E-state index contributed by atoms with van der Waals surface area (Å²) in [6.07, 6.45) is 1.47. The van der Waals surface area contributed by atoms with Gasteiger partial charge in [-0.05, 0) is 0 Å². The summed E-state index contributed by atoms with van der Waals surface area (Å²) in [6, 6.07) is 1.72. The van der Waals surface area contributed by atoms with Gasteiger partial charge in [-0.25, -0.2) is 0 Å². The molecule has 0 atom stereocenters. The van der Waals surface area contributed by atoms with E-state index in [0.717, 1.165) is 5.69 Å². The molecular weight excluding hydrogens is 146 g/mol. The molecule has 0 aliphatic carbocycles. The van der Waals surface area contributed by atoms with E-state index in [4.69, 9.17) is 5.73 Å². The Bertz CT molecular complexity index is 220. The summed E-state index contributed by atoms with van der Waals surface area (Å²) in [6.45, 7) is 0.659. The Morgan fingerprint density at radius 3 is 3.18 bits per heavy atom. The normalized spacial score (nSPS) is 9.82. The molecule has 11 heavy (non-hydrogen) atoms. The number of nitrogens with one attached hydrogen (secondary N) is 1. The van der Waals surface area contributed by atoms with Gasteiger partial charge in [0.2, 0.25) is 5.91 Å². The number of nitrogens with two attached hydrogens (primary N) is 1. The van der Waals surface area contributed by atoms with Gasteiger partial charge < -0.3 is 15.6 Å². The molecule has 0 aromatic carbocycles. The van der Waals surface area contributed by atoms with Crippen LogP contribution >= 0.6 is 0 Å². The number of amides is 1. The number of aromatic nitrogens is 1. The fraction of sp³-hybridized carbons (Fsp3) is 0.333. The minimum Gasteiger partial charge on any atom is -0.369 e. The molecular formula is C6H9N3O2. The van der Waals surface area contributed by atoms with Crippen LogP contribution in [-0.4, -0.2) is 17.6 Å². The second-order valence-corrected chi connectivity index (χ2v) is 2.06. The molecule has 0 aliphatic rings. The highest BCUT2D eigenvalue weighted by Crippen LogP contribution is 1.91. The zero-order valence-corrected chi connectivity index (χ0v) is 5.91. The van der Waals surface area contributed by atoms with Gasteiger partial charge in [0.1, 0.15) is 6.26 Å². The van der Waals surface area contributed by atoms with E-state index < -0.39 is 0 Å². The highest BCUT2D eigenvalue weighted by molar-refractivity contribution is 5.75. The van der Waals surface area contributed by atoms with Gasteiger partial charge in [0, 0.05) is 12.6 Å². The van der Waals surface area contributed by atoms with Gasteiger partial charge in [0.25, 0.3) is 0 Å². The van der Waals surface area contributed by atoms with Crippen LogP contribution in [0.25, 0.3) is 0 Å². The van der Waals surface area contributed by atoms with Crippen LogP contribution in [0.5, 0.6) is 0 Å². The average Bonchev–Trinajstić information content (AvgIpc) is 2.39. The van der Waals surface area contributed by atoms with Crippen molar-refractivity contribution in [3.63, 3.8) is 0 Å². The standard InChI is InChI=1S/C6H9N3O2/c7-6(10)4-8-3-5-1-2-11-9-5/h1-2,8H,3-4H2,(H2,7,10). The minimum atomic E-state index is -0.381. The molecule has 1 aromatic rings. The van der Waals surface area contributed by atoms with Crippen molar-refractivity contribution in [1.82, 2.24) is 10.5 Å². The lowest BCUT2D eigenvalue weighted by Crippen LogP contribution is -2.28. The van der Waals surface area contributed by atoms with Crippen molar-refractivity contribution in [2.45, 2.75) is 6.54 Å². The summed E-state index contributed by atoms with van der Waals surface area (Å²) < 4.78 is 4.57. The first-order chi connectivity index (χ1) is 5.29. The predicted molar refractivity (Wildman–Crippen MR) is 37.4 cm³/mol. The van der Waals surface area contributed by atoms with E-state index in [1.54, 1.807) is 6.07 Å². The Kier molecular flexibility index (Phi) is 2.62. The highest BCUT2D eigenvalue weighted by Gasteiger charge is 1.96. The Hall–Kier alpha value is -1.36. The first kappa shape index (κ1) is 7.74. The van der Waals surface area contributed by atoms with Crippen LogP contribution in [0.4, 0.5) is 0 Å². The maximum atomic E-state index is 10.2. The number of hydrogen-bond acceptors (Lipinski definition) is 4. The van der Waals surface area contributed by atoms with Crippen LogP contribution in [0.2, 0.25) is 0 Å². The van der Waals surface area contributed by atoms with Crippen molar-refractivity contribution in [1.29, 1.82) is 0 Å².